The first-order valence-electron chi connectivity index (χ1n) is 6.18. The Labute approximate surface area is 114 Å². The standard InChI is InChI=1S/C13H16BrN3O/c1-8-7-9(2)11-12(10(8)14)18-13(16-11)17-5-3-15-4-6-17/h7,15H,3-6H2,1-2H3. The number of hydrogen-bond donors (Lipinski definition) is 1. The van der Waals surface area contributed by atoms with Gasteiger partial charge in [0.2, 0.25) is 0 Å². The molecule has 3 rings (SSSR count). The molecule has 1 fully saturated rings. The number of hydrogen-bond acceptors (Lipinski definition) is 4. The van der Waals surface area contributed by atoms with Gasteiger partial charge in [-0.15, -0.1) is 0 Å². The number of aryl methyl sites for hydroxylation is 2. The minimum atomic E-state index is 0.737. The largest absolute Gasteiger partial charge is 0.422 e. The van der Waals surface area contributed by atoms with E-state index in [1.807, 2.05) is 0 Å². The van der Waals surface area contributed by atoms with Gasteiger partial charge in [-0.2, -0.15) is 4.98 Å². The van der Waals surface area contributed by atoms with Crippen molar-refractivity contribution in [3.63, 3.8) is 0 Å². The molecular weight excluding hydrogens is 294 g/mol. The normalized spacial score (nSPS) is 16.5. The van der Waals surface area contributed by atoms with E-state index in [9.17, 15) is 0 Å². The van der Waals surface area contributed by atoms with Gasteiger partial charge in [-0.05, 0) is 40.9 Å². The van der Waals surface area contributed by atoms with Crippen molar-refractivity contribution >= 4 is 33.0 Å². The summed E-state index contributed by atoms with van der Waals surface area (Å²) in [5, 5.41) is 3.33. The first-order valence-corrected chi connectivity index (χ1v) is 6.98. The maximum Gasteiger partial charge on any atom is 0.298 e. The highest BCUT2D eigenvalue weighted by atomic mass is 79.9. The Bertz CT molecular complexity index is 587. The molecular formula is C13H16BrN3O. The lowest BCUT2D eigenvalue weighted by atomic mass is 10.1. The van der Waals surface area contributed by atoms with Crippen LogP contribution in [0.15, 0.2) is 15.0 Å². The molecule has 0 radical (unpaired) electrons. The fourth-order valence-corrected chi connectivity index (χ4v) is 2.73. The molecule has 1 aliphatic rings. The summed E-state index contributed by atoms with van der Waals surface area (Å²) in [6, 6.07) is 2.87. The minimum absolute atomic E-state index is 0.737. The smallest absolute Gasteiger partial charge is 0.298 e. The van der Waals surface area contributed by atoms with Crippen LogP contribution in [-0.2, 0) is 0 Å². The highest BCUT2D eigenvalue weighted by molar-refractivity contribution is 9.10. The van der Waals surface area contributed by atoms with Crippen molar-refractivity contribution in [3.8, 4) is 0 Å². The SMILES string of the molecule is Cc1cc(C)c2nc(N3CCNCC3)oc2c1Br. The second-order valence-electron chi connectivity index (χ2n) is 4.74. The van der Waals surface area contributed by atoms with E-state index in [2.05, 4.69) is 51.0 Å². The van der Waals surface area contributed by atoms with Crippen LogP contribution in [0.1, 0.15) is 11.1 Å². The molecule has 2 heterocycles. The molecule has 1 saturated heterocycles. The van der Waals surface area contributed by atoms with Crippen LogP contribution in [0.2, 0.25) is 0 Å². The molecule has 4 nitrogen and oxygen atoms in total. The Morgan fingerprint density at radius 2 is 2.00 bits per heavy atom. The number of halogens is 1. The first-order chi connectivity index (χ1) is 8.66. The van der Waals surface area contributed by atoms with Crippen LogP contribution in [0.4, 0.5) is 6.01 Å². The van der Waals surface area contributed by atoms with Crippen LogP contribution in [0.25, 0.3) is 11.1 Å². The predicted octanol–water partition coefficient (Wildman–Crippen LogP) is 2.62. The summed E-state index contributed by atoms with van der Waals surface area (Å²) in [5.41, 5.74) is 4.17. The van der Waals surface area contributed by atoms with Gasteiger partial charge in [0.25, 0.3) is 6.01 Å². The van der Waals surface area contributed by atoms with Crippen molar-refractivity contribution < 1.29 is 4.42 Å². The van der Waals surface area contributed by atoms with Crippen LogP contribution in [0, 0.1) is 13.8 Å². The van der Waals surface area contributed by atoms with E-state index in [1.54, 1.807) is 0 Å². The number of nitrogens with zero attached hydrogens (tertiary/aromatic N) is 2. The van der Waals surface area contributed by atoms with Crippen molar-refractivity contribution in [2.75, 3.05) is 31.1 Å². The molecule has 1 aliphatic heterocycles. The Morgan fingerprint density at radius 1 is 1.28 bits per heavy atom. The van der Waals surface area contributed by atoms with E-state index >= 15 is 0 Å². The molecule has 0 bridgehead atoms. The van der Waals surface area contributed by atoms with E-state index in [-0.39, 0.29) is 0 Å². The third-order valence-corrected chi connectivity index (χ3v) is 4.34. The van der Waals surface area contributed by atoms with Crippen LogP contribution in [0.3, 0.4) is 0 Å². The minimum Gasteiger partial charge on any atom is -0.422 e. The topological polar surface area (TPSA) is 41.3 Å². The molecule has 96 valence electrons. The second kappa shape index (κ2) is 4.55. The number of anilines is 1. The fourth-order valence-electron chi connectivity index (χ4n) is 2.35. The molecule has 1 aromatic carbocycles. The molecule has 0 atom stereocenters. The van der Waals surface area contributed by atoms with Crippen molar-refractivity contribution in [2.24, 2.45) is 0 Å². The third kappa shape index (κ3) is 1.91. The number of nitrogens with one attached hydrogen (secondary N) is 1. The van der Waals surface area contributed by atoms with Gasteiger partial charge < -0.3 is 14.6 Å². The fraction of sp³-hybridized carbons (Fsp3) is 0.462. The summed E-state index contributed by atoms with van der Waals surface area (Å²) in [4.78, 5) is 6.83. The zero-order chi connectivity index (χ0) is 12.7. The molecule has 0 unspecified atom stereocenters. The molecule has 18 heavy (non-hydrogen) atoms. The third-order valence-electron chi connectivity index (χ3n) is 3.36. The molecule has 0 aliphatic carbocycles. The summed E-state index contributed by atoms with van der Waals surface area (Å²) in [5.74, 6) is 0. The van der Waals surface area contributed by atoms with Crippen LogP contribution in [-0.4, -0.2) is 31.2 Å². The second-order valence-corrected chi connectivity index (χ2v) is 5.53. The number of rotatable bonds is 1. The van der Waals surface area contributed by atoms with E-state index in [0.29, 0.717) is 0 Å². The van der Waals surface area contributed by atoms with Crippen LogP contribution < -0.4 is 10.2 Å². The van der Waals surface area contributed by atoms with Crippen LogP contribution in [0.5, 0.6) is 0 Å². The van der Waals surface area contributed by atoms with Crippen LogP contribution >= 0.6 is 15.9 Å². The lowest BCUT2D eigenvalue weighted by Crippen LogP contribution is -2.43. The molecule has 1 aromatic heterocycles. The van der Waals surface area contributed by atoms with Crippen molar-refractivity contribution in [3.05, 3.63) is 21.7 Å². The van der Waals surface area contributed by atoms with Gasteiger partial charge in [0.15, 0.2) is 5.58 Å². The van der Waals surface area contributed by atoms with Crippen molar-refractivity contribution in [2.45, 2.75) is 13.8 Å². The summed E-state index contributed by atoms with van der Waals surface area (Å²) < 4.78 is 6.95. The Balaban J connectivity index is 2.10. The summed E-state index contributed by atoms with van der Waals surface area (Å²) in [6.45, 7) is 8.01. The summed E-state index contributed by atoms with van der Waals surface area (Å²) in [7, 11) is 0. The van der Waals surface area contributed by atoms with E-state index < -0.39 is 0 Å². The van der Waals surface area contributed by atoms with E-state index in [0.717, 1.165) is 53.3 Å². The number of fused-ring (bicyclic) bond motifs is 1. The Morgan fingerprint density at radius 3 is 2.72 bits per heavy atom. The quantitative estimate of drug-likeness (QED) is 0.879. The molecule has 0 spiro atoms. The van der Waals surface area contributed by atoms with E-state index in [1.165, 1.54) is 5.56 Å². The zero-order valence-corrected chi connectivity index (χ0v) is 12.2. The molecule has 5 heteroatoms. The number of benzene rings is 1. The Kier molecular flexibility index (Phi) is 3.03. The molecule has 0 amide bonds. The first kappa shape index (κ1) is 12.0. The lowest BCUT2D eigenvalue weighted by molar-refractivity contribution is 0.517. The van der Waals surface area contributed by atoms with Gasteiger partial charge in [-0.25, -0.2) is 0 Å². The average molecular weight is 310 g/mol. The summed E-state index contributed by atoms with van der Waals surface area (Å²) in [6.07, 6.45) is 0. The maximum absolute atomic E-state index is 5.94. The highest BCUT2D eigenvalue weighted by Crippen LogP contribution is 2.33. The highest BCUT2D eigenvalue weighted by Gasteiger charge is 2.19. The van der Waals surface area contributed by atoms with Crippen molar-refractivity contribution in [1.29, 1.82) is 0 Å². The monoisotopic (exact) mass is 309 g/mol. The van der Waals surface area contributed by atoms with Gasteiger partial charge in [0, 0.05) is 26.2 Å². The zero-order valence-electron chi connectivity index (χ0n) is 10.6. The number of piperazine rings is 1. The molecule has 2 aromatic rings. The van der Waals surface area contributed by atoms with Gasteiger partial charge in [0.1, 0.15) is 5.52 Å². The van der Waals surface area contributed by atoms with Gasteiger partial charge in [-0.1, -0.05) is 6.07 Å². The van der Waals surface area contributed by atoms with Gasteiger partial charge in [0.05, 0.1) is 4.47 Å². The molecule has 0 saturated carbocycles. The van der Waals surface area contributed by atoms with Gasteiger partial charge >= 0.3 is 0 Å². The predicted molar refractivity (Wildman–Crippen MR) is 76.3 cm³/mol. The maximum atomic E-state index is 5.94. The number of aromatic nitrogens is 1. The lowest BCUT2D eigenvalue weighted by Gasteiger charge is -2.25. The Hall–Kier alpha value is -1.07. The van der Waals surface area contributed by atoms with Crippen molar-refractivity contribution in [1.82, 2.24) is 10.3 Å². The van der Waals surface area contributed by atoms with E-state index in [4.69, 9.17) is 4.42 Å². The van der Waals surface area contributed by atoms with Gasteiger partial charge in [-0.3, -0.25) is 0 Å². The number of oxazole rings is 1. The average Bonchev–Trinajstić information content (AvgIpc) is 2.83. The molecule has 1 N–H and O–H groups in total. The summed E-state index contributed by atoms with van der Waals surface area (Å²) >= 11 is 3.59.